The summed E-state index contributed by atoms with van der Waals surface area (Å²) in [5.41, 5.74) is 0. The fraction of sp³-hybridized carbons (Fsp3) is 0.727. The molecular formula is C11H20O2SSi. The molecule has 1 unspecified atom stereocenters. The molecule has 0 aromatic rings. The lowest BCUT2D eigenvalue weighted by Gasteiger charge is -2.29. The second-order valence-electron chi connectivity index (χ2n) is 5.26. The molecule has 0 saturated carbocycles. The van der Waals surface area contributed by atoms with E-state index in [0.29, 0.717) is 6.10 Å². The highest BCUT2D eigenvalue weighted by atomic mass is 32.2. The van der Waals surface area contributed by atoms with Crippen LogP contribution in [0.3, 0.4) is 0 Å². The number of thioether (sulfide) groups is 1. The molecular weight excluding hydrogens is 224 g/mol. The molecule has 1 rings (SSSR count). The first-order valence-corrected chi connectivity index (χ1v) is 10.00. The number of ketones is 1. The summed E-state index contributed by atoms with van der Waals surface area (Å²) in [6.07, 6.45) is 0.310. The standard InChI is InChI=1S/C11H20O2SSi/c1-8(12)11-9(2)13-10(6-14-11)7-15(3,4)5/h10H,6-7H2,1-5H3. The van der Waals surface area contributed by atoms with E-state index in [2.05, 4.69) is 19.6 Å². The molecule has 0 spiro atoms. The van der Waals surface area contributed by atoms with Gasteiger partial charge in [0.15, 0.2) is 5.78 Å². The molecule has 0 aromatic heterocycles. The van der Waals surface area contributed by atoms with Crippen molar-refractivity contribution in [1.82, 2.24) is 0 Å². The van der Waals surface area contributed by atoms with Crippen LogP contribution >= 0.6 is 11.8 Å². The van der Waals surface area contributed by atoms with Gasteiger partial charge in [-0.2, -0.15) is 0 Å². The topological polar surface area (TPSA) is 26.3 Å². The number of rotatable bonds is 3. The van der Waals surface area contributed by atoms with E-state index >= 15 is 0 Å². The predicted molar refractivity (Wildman–Crippen MR) is 68.9 cm³/mol. The summed E-state index contributed by atoms with van der Waals surface area (Å²) < 4.78 is 5.81. The number of allylic oxidation sites excluding steroid dienone is 2. The molecule has 0 bridgehead atoms. The molecule has 1 atom stereocenters. The van der Waals surface area contributed by atoms with Gasteiger partial charge in [-0.3, -0.25) is 4.79 Å². The van der Waals surface area contributed by atoms with Crippen LogP contribution in [0.15, 0.2) is 10.7 Å². The van der Waals surface area contributed by atoms with E-state index in [1.165, 1.54) is 6.04 Å². The van der Waals surface area contributed by atoms with E-state index in [1.54, 1.807) is 18.7 Å². The number of hydrogen-bond donors (Lipinski definition) is 0. The van der Waals surface area contributed by atoms with Crippen LogP contribution in [0.2, 0.25) is 25.7 Å². The Balaban J connectivity index is 2.63. The third kappa shape index (κ3) is 4.03. The molecule has 0 aliphatic carbocycles. The molecule has 1 aliphatic rings. The summed E-state index contributed by atoms with van der Waals surface area (Å²) in [5.74, 6) is 1.88. The molecule has 4 heteroatoms. The molecule has 86 valence electrons. The molecule has 0 aromatic carbocycles. The van der Waals surface area contributed by atoms with E-state index in [1.807, 2.05) is 6.92 Å². The normalized spacial score (nSPS) is 22.6. The van der Waals surface area contributed by atoms with Crippen LogP contribution in [0.1, 0.15) is 13.8 Å². The monoisotopic (exact) mass is 244 g/mol. The zero-order valence-corrected chi connectivity index (χ0v) is 12.0. The molecule has 15 heavy (non-hydrogen) atoms. The summed E-state index contributed by atoms with van der Waals surface area (Å²) >= 11 is 1.66. The van der Waals surface area contributed by atoms with Gasteiger partial charge in [-0.15, -0.1) is 11.8 Å². The Morgan fingerprint density at radius 3 is 2.53 bits per heavy atom. The lowest BCUT2D eigenvalue weighted by atomic mass is 10.3. The van der Waals surface area contributed by atoms with E-state index in [-0.39, 0.29) is 5.78 Å². The van der Waals surface area contributed by atoms with Crippen molar-refractivity contribution in [1.29, 1.82) is 0 Å². The lowest BCUT2D eigenvalue weighted by molar-refractivity contribution is -0.113. The number of carbonyl (C=O) groups is 1. The number of Topliss-reactive ketones (excluding diaryl/α,β-unsaturated/α-hetero) is 1. The Morgan fingerprint density at radius 1 is 1.53 bits per heavy atom. The Kier molecular flexibility index (Phi) is 4.06. The van der Waals surface area contributed by atoms with Crippen LogP contribution in [0.4, 0.5) is 0 Å². The molecule has 2 nitrogen and oxygen atoms in total. The molecule has 0 amide bonds. The highest BCUT2D eigenvalue weighted by Crippen LogP contribution is 2.32. The first-order valence-electron chi connectivity index (χ1n) is 5.31. The molecule has 1 aliphatic heterocycles. The van der Waals surface area contributed by atoms with Crippen LogP contribution in [0.5, 0.6) is 0 Å². The van der Waals surface area contributed by atoms with E-state index in [9.17, 15) is 4.79 Å². The van der Waals surface area contributed by atoms with Crippen molar-refractivity contribution < 1.29 is 9.53 Å². The van der Waals surface area contributed by atoms with Gasteiger partial charge in [-0.25, -0.2) is 0 Å². The summed E-state index contributed by atoms with van der Waals surface area (Å²) in [5, 5.41) is 0. The van der Waals surface area contributed by atoms with Gasteiger partial charge in [0.05, 0.1) is 4.91 Å². The van der Waals surface area contributed by atoms with Gasteiger partial charge >= 0.3 is 0 Å². The van der Waals surface area contributed by atoms with Crippen molar-refractivity contribution in [2.75, 3.05) is 5.75 Å². The Bertz CT molecular complexity index is 291. The highest BCUT2D eigenvalue weighted by Gasteiger charge is 2.27. The van der Waals surface area contributed by atoms with E-state index in [0.717, 1.165) is 16.4 Å². The number of hydrogen-bond acceptors (Lipinski definition) is 3. The highest BCUT2D eigenvalue weighted by molar-refractivity contribution is 8.04. The maximum atomic E-state index is 11.3. The van der Waals surface area contributed by atoms with Crippen molar-refractivity contribution in [2.45, 2.75) is 45.6 Å². The average molecular weight is 244 g/mol. The quantitative estimate of drug-likeness (QED) is 0.713. The van der Waals surface area contributed by atoms with E-state index < -0.39 is 8.07 Å². The molecule has 0 saturated heterocycles. The first-order chi connectivity index (χ1) is 6.79. The summed E-state index contributed by atoms with van der Waals surface area (Å²) in [6, 6.07) is 1.17. The van der Waals surface area contributed by atoms with E-state index in [4.69, 9.17) is 4.74 Å². The maximum Gasteiger partial charge on any atom is 0.169 e. The molecule has 0 radical (unpaired) electrons. The predicted octanol–water partition coefficient (Wildman–Crippen LogP) is 3.28. The van der Waals surface area contributed by atoms with Crippen molar-refractivity contribution in [3.05, 3.63) is 10.7 Å². The first kappa shape index (κ1) is 12.8. The minimum Gasteiger partial charge on any atom is -0.493 e. The van der Waals surface area contributed by atoms with Gasteiger partial charge in [0.25, 0.3) is 0 Å². The van der Waals surface area contributed by atoms with Gasteiger partial charge in [0.1, 0.15) is 11.9 Å². The molecule has 1 heterocycles. The summed E-state index contributed by atoms with van der Waals surface area (Å²) in [4.78, 5) is 12.1. The minimum atomic E-state index is -1.07. The van der Waals surface area contributed by atoms with Crippen molar-refractivity contribution in [2.24, 2.45) is 0 Å². The van der Waals surface area contributed by atoms with Crippen LogP contribution < -0.4 is 0 Å². The number of carbonyl (C=O) groups excluding carboxylic acids is 1. The van der Waals surface area contributed by atoms with Gasteiger partial charge in [-0.05, 0) is 19.9 Å². The Morgan fingerprint density at radius 2 is 2.13 bits per heavy atom. The zero-order chi connectivity index (χ0) is 11.6. The van der Waals surface area contributed by atoms with Gasteiger partial charge in [0, 0.05) is 13.8 Å². The number of ether oxygens (including phenoxy) is 1. The minimum absolute atomic E-state index is 0.129. The van der Waals surface area contributed by atoms with Crippen LogP contribution in [0, 0.1) is 0 Å². The van der Waals surface area contributed by atoms with Crippen LogP contribution in [-0.2, 0) is 9.53 Å². The van der Waals surface area contributed by atoms with Crippen molar-refractivity contribution in [3.63, 3.8) is 0 Å². The van der Waals surface area contributed by atoms with Crippen molar-refractivity contribution in [3.8, 4) is 0 Å². The zero-order valence-electron chi connectivity index (χ0n) is 10.2. The molecule has 0 fully saturated rings. The Hall–Kier alpha value is -0.223. The smallest absolute Gasteiger partial charge is 0.169 e. The van der Waals surface area contributed by atoms with Gasteiger partial charge in [-0.1, -0.05) is 19.6 Å². The van der Waals surface area contributed by atoms with Crippen LogP contribution in [0.25, 0.3) is 0 Å². The fourth-order valence-corrected chi connectivity index (χ4v) is 4.54. The second-order valence-corrected chi connectivity index (χ2v) is 11.8. The second kappa shape index (κ2) is 4.74. The largest absolute Gasteiger partial charge is 0.493 e. The summed E-state index contributed by atoms with van der Waals surface area (Å²) in [7, 11) is -1.07. The van der Waals surface area contributed by atoms with Gasteiger partial charge in [0.2, 0.25) is 0 Å². The third-order valence-electron chi connectivity index (χ3n) is 2.24. The van der Waals surface area contributed by atoms with Crippen molar-refractivity contribution >= 4 is 25.6 Å². The lowest BCUT2D eigenvalue weighted by Crippen LogP contribution is -2.31. The third-order valence-corrected chi connectivity index (χ3v) is 5.32. The fourth-order valence-electron chi connectivity index (χ4n) is 1.75. The maximum absolute atomic E-state index is 11.3. The van der Waals surface area contributed by atoms with Gasteiger partial charge < -0.3 is 4.74 Å². The Labute approximate surface area is 97.5 Å². The summed E-state index contributed by atoms with van der Waals surface area (Å²) in [6.45, 7) is 10.6. The van der Waals surface area contributed by atoms with Crippen LogP contribution in [-0.4, -0.2) is 25.7 Å². The molecule has 0 N–H and O–H groups in total. The average Bonchev–Trinajstić information content (AvgIpc) is 1.99. The SMILES string of the molecule is CC(=O)C1=C(C)OC(C[Si](C)(C)C)CS1.